The minimum Gasteiger partial charge on any atom is -0.480 e. The fraction of sp³-hybridized carbons (Fsp3) is 0.250. The standard InChI is InChI=1S/C8H11BN2O4/c1-5(8(12)13)11-7-2-6(9(14)15)3-10-4-7/h2-5,11,14-15H,1H3,(H,12,13)/t5-/m0/s1. The van der Waals surface area contributed by atoms with E-state index in [1.54, 1.807) is 0 Å². The lowest BCUT2D eigenvalue weighted by atomic mass is 9.81. The molecule has 80 valence electrons. The summed E-state index contributed by atoms with van der Waals surface area (Å²) in [5, 5.41) is 29.0. The summed E-state index contributed by atoms with van der Waals surface area (Å²) in [6.45, 7) is 1.48. The topological polar surface area (TPSA) is 103 Å². The van der Waals surface area contributed by atoms with Crippen molar-refractivity contribution in [3.8, 4) is 0 Å². The first kappa shape index (κ1) is 11.5. The van der Waals surface area contributed by atoms with Crippen molar-refractivity contribution in [3.05, 3.63) is 18.5 Å². The third-order valence-corrected chi connectivity index (χ3v) is 1.81. The van der Waals surface area contributed by atoms with Crippen LogP contribution in [0.3, 0.4) is 0 Å². The monoisotopic (exact) mass is 210 g/mol. The molecule has 1 atom stereocenters. The van der Waals surface area contributed by atoms with Crippen LogP contribution in [0.15, 0.2) is 18.5 Å². The number of rotatable bonds is 4. The fourth-order valence-corrected chi connectivity index (χ4v) is 0.990. The average Bonchev–Trinajstić information content (AvgIpc) is 2.18. The molecule has 0 aliphatic heterocycles. The van der Waals surface area contributed by atoms with Gasteiger partial charge in [0.05, 0.1) is 5.69 Å². The van der Waals surface area contributed by atoms with Gasteiger partial charge in [0.1, 0.15) is 6.04 Å². The molecule has 0 amide bonds. The minimum atomic E-state index is -1.61. The van der Waals surface area contributed by atoms with Crippen molar-refractivity contribution in [2.24, 2.45) is 0 Å². The molecule has 1 heterocycles. The molecule has 4 N–H and O–H groups in total. The lowest BCUT2D eigenvalue weighted by Gasteiger charge is -2.10. The maximum Gasteiger partial charge on any atom is 0.490 e. The van der Waals surface area contributed by atoms with Gasteiger partial charge in [-0.25, -0.2) is 0 Å². The molecule has 6 nitrogen and oxygen atoms in total. The Bertz CT molecular complexity index is 358. The van der Waals surface area contributed by atoms with Gasteiger partial charge in [0.15, 0.2) is 0 Å². The molecule has 0 aliphatic rings. The number of carboxylic acids is 1. The predicted molar refractivity (Wildman–Crippen MR) is 54.8 cm³/mol. The van der Waals surface area contributed by atoms with Gasteiger partial charge in [-0.05, 0) is 13.0 Å². The smallest absolute Gasteiger partial charge is 0.480 e. The summed E-state index contributed by atoms with van der Waals surface area (Å²) in [7, 11) is -1.61. The Morgan fingerprint density at radius 3 is 2.73 bits per heavy atom. The van der Waals surface area contributed by atoms with Crippen molar-refractivity contribution >= 4 is 24.2 Å². The van der Waals surface area contributed by atoms with E-state index in [0.717, 1.165) is 0 Å². The Morgan fingerprint density at radius 2 is 2.20 bits per heavy atom. The zero-order valence-corrected chi connectivity index (χ0v) is 8.08. The van der Waals surface area contributed by atoms with Crippen LogP contribution in [0, 0.1) is 0 Å². The Hall–Kier alpha value is -1.60. The number of nitrogens with zero attached hydrogens (tertiary/aromatic N) is 1. The molecule has 1 aromatic heterocycles. The summed E-state index contributed by atoms with van der Waals surface area (Å²) in [6, 6.07) is 0.662. The molecule has 0 spiro atoms. The van der Waals surface area contributed by atoms with Crippen LogP contribution in [-0.4, -0.2) is 39.3 Å². The van der Waals surface area contributed by atoms with Gasteiger partial charge in [-0.3, -0.25) is 9.78 Å². The van der Waals surface area contributed by atoms with E-state index < -0.39 is 19.1 Å². The Morgan fingerprint density at radius 1 is 1.53 bits per heavy atom. The van der Waals surface area contributed by atoms with Gasteiger partial charge in [0.2, 0.25) is 0 Å². The first-order chi connectivity index (χ1) is 7.00. The van der Waals surface area contributed by atoms with Crippen LogP contribution in [0.4, 0.5) is 5.69 Å². The average molecular weight is 210 g/mol. The highest BCUT2D eigenvalue weighted by Crippen LogP contribution is 2.04. The molecule has 0 aromatic carbocycles. The fourth-order valence-electron chi connectivity index (χ4n) is 0.990. The van der Waals surface area contributed by atoms with E-state index in [1.165, 1.54) is 25.4 Å². The lowest BCUT2D eigenvalue weighted by Crippen LogP contribution is -2.31. The van der Waals surface area contributed by atoms with Crippen LogP contribution in [0.2, 0.25) is 0 Å². The maximum atomic E-state index is 10.5. The highest BCUT2D eigenvalue weighted by molar-refractivity contribution is 6.58. The molecular formula is C8H11BN2O4. The van der Waals surface area contributed by atoms with E-state index in [4.69, 9.17) is 15.2 Å². The number of aromatic nitrogens is 1. The molecular weight excluding hydrogens is 199 g/mol. The van der Waals surface area contributed by atoms with E-state index in [0.29, 0.717) is 5.69 Å². The third kappa shape index (κ3) is 3.23. The summed E-state index contributed by atoms with van der Waals surface area (Å²) in [4.78, 5) is 14.3. The maximum absolute atomic E-state index is 10.5. The Labute approximate surface area is 86.7 Å². The zero-order valence-electron chi connectivity index (χ0n) is 8.08. The molecule has 0 radical (unpaired) electrons. The molecule has 0 unspecified atom stereocenters. The van der Waals surface area contributed by atoms with E-state index in [9.17, 15) is 4.79 Å². The molecule has 0 saturated carbocycles. The van der Waals surface area contributed by atoms with Crippen LogP contribution in [0.5, 0.6) is 0 Å². The van der Waals surface area contributed by atoms with Crippen molar-refractivity contribution in [2.45, 2.75) is 13.0 Å². The van der Waals surface area contributed by atoms with Gasteiger partial charge in [-0.1, -0.05) is 0 Å². The second-order valence-corrected chi connectivity index (χ2v) is 3.08. The SMILES string of the molecule is C[C@H](Nc1cncc(B(O)O)c1)C(=O)O. The number of aliphatic carboxylic acids is 1. The van der Waals surface area contributed by atoms with Gasteiger partial charge in [-0.2, -0.15) is 0 Å². The summed E-state index contributed by atoms with van der Waals surface area (Å²) in [5.41, 5.74) is 0.632. The number of pyridine rings is 1. The first-order valence-electron chi connectivity index (χ1n) is 4.31. The van der Waals surface area contributed by atoms with Crippen LogP contribution >= 0.6 is 0 Å². The quantitative estimate of drug-likeness (QED) is 0.458. The largest absolute Gasteiger partial charge is 0.490 e. The second kappa shape index (κ2) is 4.76. The second-order valence-electron chi connectivity index (χ2n) is 3.08. The van der Waals surface area contributed by atoms with Crippen molar-refractivity contribution in [1.82, 2.24) is 4.98 Å². The number of nitrogens with one attached hydrogen (secondary N) is 1. The first-order valence-corrected chi connectivity index (χ1v) is 4.31. The number of hydrogen-bond donors (Lipinski definition) is 4. The Balaban J connectivity index is 2.78. The van der Waals surface area contributed by atoms with Crippen LogP contribution < -0.4 is 10.8 Å². The summed E-state index contributed by atoms with van der Waals surface area (Å²) in [6.07, 6.45) is 2.70. The number of carboxylic acid groups (broad SMARTS) is 1. The number of hydrogen-bond acceptors (Lipinski definition) is 5. The van der Waals surface area contributed by atoms with Gasteiger partial charge in [0, 0.05) is 17.9 Å². The molecule has 1 aromatic rings. The number of carbonyl (C=O) groups is 1. The summed E-state index contributed by atoms with van der Waals surface area (Å²) >= 11 is 0. The summed E-state index contributed by atoms with van der Waals surface area (Å²) in [5.74, 6) is -0.995. The number of anilines is 1. The zero-order chi connectivity index (χ0) is 11.4. The highest BCUT2D eigenvalue weighted by atomic mass is 16.4. The van der Waals surface area contributed by atoms with Crippen LogP contribution in [0.1, 0.15) is 6.92 Å². The van der Waals surface area contributed by atoms with Crippen LogP contribution in [-0.2, 0) is 4.79 Å². The van der Waals surface area contributed by atoms with Crippen molar-refractivity contribution in [1.29, 1.82) is 0 Å². The van der Waals surface area contributed by atoms with E-state index >= 15 is 0 Å². The van der Waals surface area contributed by atoms with Gasteiger partial charge in [0.25, 0.3) is 0 Å². The van der Waals surface area contributed by atoms with E-state index in [2.05, 4.69) is 10.3 Å². The molecule has 0 aliphatic carbocycles. The summed E-state index contributed by atoms with van der Waals surface area (Å²) < 4.78 is 0. The van der Waals surface area contributed by atoms with E-state index in [-0.39, 0.29) is 5.46 Å². The van der Waals surface area contributed by atoms with Crippen LogP contribution in [0.25, 0.3) is 0 Å². The molecule has 0 fully saturated rings. The predicted octanol–water partition coefficient (Wildman–Crippen LogP) is -1.35. The van der Waals surface area contributed by atoms with Gasteiger partial charge < -0.3 is 20.5 Å². The molecule has 15 heavy (non-hydrogen) atoms. The molecule has 7 heteroatoms. The van der Waals surface area contributed by atoms with Crippen molar-refractivity contribution in [2.75, 3.05) is 5.32 Å². The Kier molecular flexibility index (Phi) is 3.65. The van der Waals surface area contributed by atoms with Crippen molar-refractivity contribution in [3.63, 3.8) is 0 Å². The third-order valence-electron chi connectivity index (χ3n) is 1.81. The molecule has 0 bridgehead atoms. The highest BCUT2D eigenvalue weighted by Gasteiger charge is 2.14. The van der Waals surface area contributed by atoms with Gasteiger partial charge in [-0.15, -0.1) is 0 Å². The molecule has 1 rings (SSSR count). The lowest BCUT2D eigenvalue weighted by molar-refractivity contribution is -0.137. The van der Waals surface area contributed by atoms with E-state index in [1.807, 2.05) is 0 Å². The minimum absolute atomic E-state index is 0.206. The van der Waals surface area contributed by atoms with Crippen molar-refractivity contribution < 1.29 is 19.9 Å². The normalized spacial score (nSPS) is 11.9. The van der Waals surface area contributed by atoms with Gasteiger partial charge >= 0.3 is 13.1 Å². The molecule has 0 saturated heterocycles.